The lowest BCUT2D eigenvalue weighted by atomic mass is 9.97. The van der Waals surface area contributed by atoms with Crippen molar-refractivity contribution >= 4 is 32.7 Å². The number of nitrogens with zero attached hydrogens (tertiary/aromatic N) is 3. The highest BCUT2D eigenvalue weighted by Crippen LogP contribution is 2.32. The van der Waals surface area contributed by atoms with E-state index >= 15 is 8.78 Å². The molecule has 0 bridgehead atoms. The summed E-state index contributed by atoms with van der Waals surface area (Å²) in [7, 11) is -4.19. The molecule has 210 valence electrons. The molecule has 4 aromatic rings. The van der Waals surface area contributed by atoms with E-state index in [1.807, 2.05) is 18.6 Å². The summed E-state index contributed by atoms with van der Waals surface area (Å²) in [6.45, 7) is 4.84. The number of alkyl halides is 1. The van der Waals surface area contributed by atoms with Crippen LogP contribution in [-0.4, -0.2) is 49.2 Å². The largest absolute Gasteiger partial charge is 0.350 e. The van der Waals surface area contributed by atoms with Gasteiger partial charge in [-0.3, -0.25) is 9.11 Å². The Labute approximate surface area is 230 Å². The third kappa shape index (κ3) is 5.87. The molecule has 0 aliphatic carbocycles. The maximum absolute atomic E-state index is 15.1. The summed E-state index contributed by atoms with van der Waals surface area (Å²) in [5.74, 6) is -1.84. The molecule has 12 heteroatoms. The number of fused-ring (bicyclic) bond motifs is 1. The number of rotatable bonds is 8. The second kappa shape index (κ2) is 11.4. The average Bonchev–Trinajstić information content (AvgIpc) is 2.94. The average molecular weight is 571 g/mol. The first-order valence-corrected chi connectivity index (χ1v) is 14.4. The van der Waals surface area contributed by atoms with E-state index in [0.29, 0.717) is 36.5 Å². The molecule has 3 N–H and O–H groups in total. The second-order valence-corrected chi connectivity index (χ2v) is 11.9. The van der Waals surface area contributed by atoms with E-state index in [4.69, 9.17) is 0 Å². The normalized spacial score (nSPS) is 17.8. The van der Waals surface area contributed by atoms with Crippen molar-refractivity contribution in [2.24, 2.45) is 5.92 Å². The van der Waals surface area contributed by atoms with Gasteiger partial charge in [0.1, 0.15) is 11.2 Å². The van der Waals surface area contributed by atoms with Gasteiger partial charge in [-0.2, -0.15) is 0 Å². The maximum atomic E-state index is 15.1. The van der Waals surface area contributed by atoms with Crippen LogP contribution in [0.1, 0.15) is 31.7 Å². The molecule has 2 atom stereocenters. The minimum Gasteiger partial charge on any atom is -0.350 e. The molecule has 0 spiro atoms. The predicted molar refractivity (Wildman–Crippen MR) is 148 cm³/mol. The molecular formula is C28H29F3N6O2S. The molecule has 1 aliphatic heterocycles. The lowest BCUT2D eigenvalue weighted by Crippen LogP contribution is -2.44. The van der Waals surface area contributed by atoms with Crippen molar-refractivity contribution in [3.63, 3.8) is 0 Å². The third-order valence-electron chi connectivity index (χ3n) is 6.82. The third-order valence-corrected chi connectivity index (χ3v) is 8.18. The topological polar surface area (TPSA) is 109 Å². The molecule has 0 radical (unpaired) electrons. The first-order chi connectivity index (χ1) is 19.1. The summed E-state index contributed by atoms with van der Waals surface area (Å²) in [5.41, 5.74) is 1.47. The lowest BCUT2D eigenvalue weighted by molar-refractivity contribution is 0.282. The van der Waals surface area contributed by atoms with Crippen LogP contribution in [0.4, 0.5) is 24.8 Å². The Morgan fingerprint density at radius 2 is 1.77 bits per heavy atom. The number of aromatic nitrogens is 3. The van der Waals surface area contributed by atoms with Crippen molar-refractivity contribution in [2.45, 2.75) is 37.1 Å². The van der Waals surface area contributed by atoms with Crippen molar-refractivity contribution in [3.8, 4) is 11.3 Å². The molecule has 1 saturated heterocycles. The van der Waals surface area contributed by atoms with Crippen LogP contribution in [0.15, 0.2) is 59.6 Å². The molecule has 1 fully saturated rings. The van der Waals surface area contributed by atoms with Crippen molar-refractivity contribution in [2.75, 3.05) is 29.8 Å². The van der Waals surface area contributed by atoms with Crippen LogP contribution >= 0.6 is 0 Å². The summed E-state index contributed by atoms with van der Waals surface area (Å²) in [6, 6.07) is 11.1. The highest BCUT2D eigenvalue weighted by Gasteiger charge is 2.24. The molecule has 0 amide bonds. The van der Waals surface area contributed by atoms with Crippen molar-refractivity contribution in [1.82, 2.24) is 20.3 Å². The monoisotopic (exact) mass is 570 g/mol. The molecule has 8 nitrogen and oxygen atoms in total. The number of hydrogen-bond acceptors (Lipinski definition) is 7. The molecule has 2 aromatic carbocycles. The van der Waals surface area contributed by atoms with Crippen LogP contribution in [0, 0.1) is 17.6 Å². The number of piperidine rings is 1. The van der Waals surface area contributed by atoms with Crippen LogP contribution in [0.5, 0.6) is 0 Å². The molecule has 3 heterocycles. The highest BCUT2D eigenvalue weighted by atomic mass is 32.2. The van der Waals surface area contributed by atoms with Gasteiger partial charge >= 0.3 is 0 Å². The molecule has 40 heavy (non-hydrogen) atoms. The molecule has 2 aromatic heterocycles. The van der Waals surface area contributed by atoms with Crippen LogP contribution in [-0.2, 0) is 10.0 Å². The number of sulfonamides is 1. The SMILES string of the molecule is CC(C)c1cc(-c2cc(F)c(NS(=O)(=O)c3ccccc3)c(F)c2)nc2cnc(N[C@@H]3CNC[C@H](CF)C3)nc12. The Morgan fingerprint density at radius 1 is 1.05 bits per heavy atom. The predicted octanol–water partition coefficient (Wildman–Crippen LogP) is 5.25. The molecule has 0 unspecified atom stereocenters. The fourth-order valence-corrected chi connectivity index (χ4v) is 5.85. The van der Waals surface area contributed by atoms with Gasteiger partial charge < -0.3 is 10.6 Å². The molecule has 1 aliphatic rings. The zero-order valence-corrected chi connectivity index (χ0v) is 22.8. The Kier molecular flexibility index (Phi) is 7.90. The fourth-order valence-electron chi connectivity index (χ4n) is 4.76. The number of hydrogen-bond donors (Lipinski definition) is 3. The summed E-state index contributed by atoms with van der Waals surface area (Å²) in [6.07, 6.45) is 2.20. The standard InChI is InChI=1S/C28H29F3N6O2S/c1-16(2)21-11-24(35-25-15-33-28(36-26(21)25)34-19-8-17(12-29)13-32-14-19)18-9-22(30)27(23(31)10-18)37-40(38,39)20-6-4-3-5-7-20/h3-7,9-11,15-17,19,32,37H,8,12-14H2,1-2H3,(H,33,34,36)/t17-,19-/m0/s1. The van der Waals surface area contributed by atoms with Gasteiger partial charge in [-0.25, -0.2) is 32.2 Å². The number of nitrogens with one attached hydrogen (secondary N) is 3. The maximum Gasteiger partial charge on any atom is 0.262 e. The summed E-state index contributed by atoms with van der Waals surface area (Å²) < 4.78 is 70.6. The van der Waals surface area contributed by atoms with E-state index in [1.54, 1.807) is 12.1 Å². The molecule has 0 saturated carbocycles. The first-order valence-electron chi connectivity index (χ1n) is 12.9. The number of halogens is 3. The van der Waals surface area contributed by atoms with Crippen LogP contribution in [0.3, 0.4) is 0 Å². The Bertz CT molecular complexity index is 1610. The Morgan fingerprint density at radius 3 is 2.45 bits per heavy atom. The van der Waals surface area contributed by atoms with E-state index in [0.717, 1.165) is 17.7 Å². The van der Waals surface area contributed by atoms with E-state index in [9.17, 15) is 12.8 Å². The van der Waals surface area contributed by atoms with Crippen molar-refractivity contribution in [3.05, 3.63) is 71.9 Å². The van der Waals surface area contributed by atoms with Gasteiger partial charge in [0.2, 0.25) is 5.95 Å². The van der Waals surface area contributed by atoms with Gasteiger partial charge in [-0.15, -0.1) is 0 Å². The van der Waals surface area contributed by atoms with Crippen LogP contribution < -0.4 is 15.4 Å². The highest BCUT2D eigenvalue weighted by molar-refractivity contribution is 7.92. The quantitative estimate of drug-likeness (QED) is 0.265. The Hall–Kier alpha value is -3.77. The number of benzene rings is 2. The lowest BCUT2D eigenvalue weighted by Gasteiger charge is -2.29. The minimum absolute atomic E-state index is 0.00841. The Balaban J connectivity index is 1.46. The van der Waals surface area contributed by atoms with E-state index in [2.05, 4.69) is 25.6 Å². The molecular weight excluding hydrogens is 541 g/mol. The van der Waals surface area contributed by atoms with E-state index in [1.165, 1.54) is 30.5 Å². The second-order valence-electron chi connectivity index (χ2n) is 10.2. The van der Waals surface area contributed by atoms with Gasteiger partial charge in [0, 0.05) is 30.6 Å². The van der Waals surface area contributed by atoms with Crippen molar-refractivity contribution < 1.29 is 21.6 Å². The minimum atomic E-state index is -4.19. The number of pyridine rings is 1. The van der Waals surface area contributed by atoms with Crippen LogP contribution in [0.2, 0.25) is 0 Å². The van der Waals surface area contributed by atoms with Crippen molar-refractivity contribution in [1.29, 1.82) is 0 Å². The van der Waals surface area contributed by atoms with Gasteiger partial charge in [-0.1, -0.05) is 32.0 Å². The summed E-state index contributed by atoms with van der Waals surface area (Å²) >= 11 is 0. The van der Waals surface area contributed by atoms with E-state index in [-0.39, 0.29) is 34.0 Å². The summed E-state index contributed by atoms with van der Waals surface area (Å²) in [5, 5.41) is 6.48. The van der Waals surface area contributed by atoms with E-state index < -0.39 is 34.0 Å². The van der Waals surface area contributed by atoms with Gasteiger partial charge in [-0.05, 0) is 48.2 Å². The zero-order chi connectivity index (χ0) is 28.4. The van der Waals surface area contributed by atoms with Gasteiger partial charge in [0.25, 0.3) is 10.0 Å². The van der Waals surface area contributed by atoms with Gasteiger partial charge in [0.05, 0.1) is 29.0 Å². The first kappa shape index (κ1) is 27.8. The van der Waals surface area contributed by atoms with Crippen LogP contribution in [0.25, 0.3) is 22.3 Å². The number of anilines is 2. The zero-order valence-electron chi connectivity index (χ0n) is 22.0. The smallest absolute Gasteiger partial charge is 0.262 e. The fraction of sp³-hybridized carbons (Fsp3) is 0.321. The molecule has 5 rings (SSSR count). The summed E-state index contributed by atoms with van der Waals surface area (Å²) in [4.78, 5) is 13.5. The van der Waals surface area contributed by atoms with Gasteiger partial charge in [0.15, 0.2) is 11.6 Å².